The van der Waals surface area contributed by atoms with E-state index in [-0.39, 0.29) is 6.04 Å². The minimum absolute atomic E-state index is 0.168. The Bertz CT molecular complexity index is 1120. The van der Waals surface area contributed by atoms with E-state index in [0.29, 0.717) is 0 Å². The highest BCUT2D eigenvalue weighted by Crippen LogP contribution is 2.27. The average Bonchev–Trinajstić information content (AvgIpc) is 3.18. The van der Waals surface area contributed by atoms with Crippen LogP contribution in [-0.2, 0) is 6.54 Å². The van der Waals surface area contributed by atoms with E-state index in [2.05, 4.69) is 97.4 Å². The quantitative estimate of drug-likeness (QED) is 0.452. The van der Waals surface area contributed by atoms with Gasteiger partial charge in [-0.2, -0.15) is 5.10 Å². The zero-order valence-electron chi connectivity index (χ0n) is 17.9. The van der Waals surface area contributed by atoms with E-state index in [1.165, 1.54) is 16.7 Å². The highest BCUT2D eigenvalue weighted by Gasteiger charge is 2.18. The minimum atomic E-state index is 0.168. The minimum Gasteiger partial charge on any atom is -0.294 e. The van der Waals surface area contributed by atoms with Crippen molar-refractivity contribution in [2.24, 2.45) is 0 Å². The van der Waals surface area contributed by atoms with Crippen molar-refractivity contribution >= 4 is 0 Å². The lowest BCUT2D eigenvalue weighted by Crippen LogP contribution is -2.22. The van der Waals surface area contributed by atoms with E-state index in [0.717, 1.165) is 29.2 Å². The molecule has 0 N–H and O–H groups in total. The molecular formula is C25H27N5. The van der Waals surface area contributed by atoms with Crippen LogP contribution in [0.25, 0.3) is 16.9 Å². The summed E-state index contributed by atoms with van der Waals surface area (Å²) in [6.07, 6.45) is 5.54. The van der Waals surface area contributed by atoms with Crippen LogP contribution in [0.3, 0.4) is 0 Å². The predicted octanol–water partition coefficient (Wildman–Crippen LogP) is 5.14. The average molecular weight is 398 g/mol. The summed E-state index contributed by atoms with van der Waals surface area (Å²) in [5.74, 6) is 0. The normalized spacial score (nSPS) is 12.3. The number of nitrogens with zero attached hydrogens (tertiary/aromatic N) is 5. The summed E-state index contributed by atoms with van der Waals surface area (Å²) in [5, 5.41) is 4.97. The summed E-state index contributed by atoms with van der Waals surface area (Å²) < 4.78 is 1.98. The lowest BCUT2D eigenvalue weighted by atomic mass is 10.0. The molecule has 0 saturated heterocycles. The molecule has 2 heterocycles. The van der Waals surface area contributed by atoms with Crippen molar-refractivity contribution in [1.29, 1.82) is 0 Å². The van der Waals surface area contributed by atoms with Crippen LogP contribution in [-0.4, -0.2) is 31.7 Å². The predicted molar refractivity (Wildman–Crippen MR) is 120 cm³/mol. The molecule has 5 nitrogen and oxygen atoms in total. The molecule has 1 unspecified atom stereocenters. The van der Waals surface area contributed by atoms with Crippen LogP contribution in [0.4, 0.5) is 0 Å². The van der Waals surface area contributed by atoms with Gasteiger partial charge in [-0.3, -0.25) is 4.90 Å². The van der Waals surface area contributed by atoms with Crippen molar-refractivity contribution in [3.05, 3.63) is 95.7 Å². The van der Waals surface area contributed by atoms with Crippen molar-refractivity contribution in [2.45, 2.75) is 33.4 Å². The standard InChI is InChI=1S/C25H27N5/c1-18-8-10-23(11-9-18)30-16-22(25(28-30)21-7-5-6-19(2)14-21)15-29(4)20(3)24-12-13-26-17-27-24/h5-14,16-17,20H,15H2,1-4H3. The maximum atomic E-state index is 4.97. The second-order valence-electron chi connectivity index (χ2n) is 7.88. The number of aromatic nitrogens is 4. The van der Waals surface area contributed by atoms with Crippen molar-refractivity contribution in [1.82, 2.24) is 24.6 Å². The van der Waals surface area contributed by atoms with Gasteiger partial charge in [-0.05, 0) is 52.1 Å². The van der Waals surface area contributed by atoms with E-state index in [9.17, 15) is 0 Å². The molecule has 0 bridgehead atoms. The van der Waals surface area contributed by atoms with Gasteiger partial charge in [-0.25, -0.2) is 14.6 Å². The Hall–Kier alpha value is -3.31. The molecule has 0 aliphatic heterocycles. The van der Waals surface area contributed by atoms with Crippen LogP contribution in [0.15, 0.2) is 73.3 Å². The lowest BCUT2D eigenvalue weighted by Gasteiger charge is -2.24. The first-order valence-electron chi connectivity index (χ1n) is 10.2. The Labute approximate surface area is 178 Å². The van der Waals surface area contributed by atoms with Crippen LogP contribution in [0.5, 0.6) is 0 Å². The van der Waals surface area contributed by atoms with E-state index in [1.807, 2.05) is 10.7 Å². The van der Waals surface area contributed by atoms with Crippen LogP contribution >= 0.6 is 0 Å². The van der Waals surface area contributed by atoms with Crippen molar-refractivity contribution in [3.8, 4) is 16.9 Å². The van der Waals surface area contributed by atoms with Crippen molar-refractivity contribution < 1.29 is 0 Å². The fraction of sp³-hybridized carbons (Fsp3) is 0.240. The second kappa shape index (κ2) is 8.59. The molecule has 152 valence electrons. The largest absolute Gasteiger partial charge is 0.294 e. The van der Waals surface area contributed by atoms with Gasteiger partial charge < -0.3 is 0 Å². The summed E-state index contributed by atoms with van der Waals surface area (Å²) in [4.78, 5) is 10.7. The smallest absolute Gasteiger partial charge is 0.115 e. The van der Waals surface area contributed by atoms with Gasteiger partial charge in [-0.15, -0.1) is 0 Å². The topological polar surface area (TPSA) is 46.8 Å². The van der Waals surface area contributed by atoms with E-state index >= 15 is 0 Å². The third-order valence-corrected chi connectivity index (χ3v) is 5.49. The first kappa shape index (κ1) is 20.0. The van der Waals surface area contributed by atoms with Gasteiger partial charge in [0.2, 0.25) is 0 Å². The van der Waals surface area contributed by atoms with Crippen LogP contribution in [0.2, 0.25) is 0 Å². The maximum Gasteiger partial charge on any atom is 0.115 e. The number of hydrogen-bond acceptors (Lipinski definition) is 4. The number of rotatable bonds is 6. The Morgan fingerprint density at radius 2 is 1.80 bits per heavy atom. The van der Waals surface area contributed by atoms with Gasteiger partial charge in [-0.1, -0.05) is 41.5 Å². The van der Waals surface area contributed by atoms with Gasteiger partial charge in [0.15, 0.2) is 0 Å². The molecule has 0 spiro atoms. The van der Waals surface area contributed by atoms with Crippen LogP contribution in [0, 0.1) is 13.8 Å². The molecule has 2 aromatic heterocycles. The molecule has 30 heavy (non-hydrogen) atoms. The van der Waals surface area contributed by atoms with E-state index in [1.54, 1.807) is 12.5 Å². The van der Waals surface area contributed by atoms with Crippen molar-refractivity contribution in [2.75, 3.05) is 7.05 Å². The Morgan fingerprint density at radius 1 is 1.00 bits per heavy atom. The summed E-state index contributed by atoms with van der Waals surface area (Å²) in [6.45, 7) is 7.14. The number of benzene rings is 2. The van der Waals surface area contributed by atoms with Crippen molar-refractivity contribution in [3.63, 3.8) is 0 Å². The number of aryl methyl sites for hydroxylation is 2. The fourth-order valence-corrected chi connectivity index (χ4v) is 3.57. The zero-order valence-corrected chi connectivity index (χ0v) is 17.9. The van der Waals surface area contributed by atoms with E-state index in [4.69, 9.17) is 5.10 Å². The molecule has 0 radical (unpaired) electrons. The molecule has 4 rings (SSSR count). The van der Waals surface area contributed by atoms with E-state index < -0.39 is 0 Å². The molecule has 4 aromatic rings. The maximum absolute atomic E-state index is 4.97. The molecule has 0 amide bonds. The SMILES string of the molecule is Cc1ccc(-n2cc(CN(C)C(C)c3ccncn3)c(-c3cccc(C)c3)n2)cc1. The summed E-state index contributed by atoms with van der Waals surface area (Å²) in [5.41, 5.74) is 7.88. The molecule has 2 aromatic carbocycles. The summed E-state index contributed by atoms with van der Waals surface area (Å²) in [7, 11) is 2.12. The van der Waals surface area contributed by atoms with Gasteiger partial charge in [0.25, 0.3) is 0 Å². The molecule has 0 aliphatic rings. The Kier molecular flexibility index (Phi) is 5.72. The van der Waals surface area contributed by atoms with Gasteiger partial charge >= 0.3 is 0 Å². The summed E-state index contributed by atoms with van der Waals surface area (Å²) in [6, 6.07) is 19.1. The van der Waals surface area contributed by atoms with Crippen LogP contribution < -0.4 is 0 Å². The molecule has 0 saturated carbocycles. The first-order chi connectivity index (χ1) is 14.5. The molecular weight excluding hydrogens is 370 g/mol. The fourth-order valence-electron chi connectivity index (χ4n) is 3.57. The van der Waals surface area contributed by atoms with Crippen LogP contribution in [0.1, 0.15) is 35.3 Å². The Balaban J connectivity index is 1.70. The highest BCUT2D eigenvalue weighted by atomic mass is 15.3. The Morgan fingerprint density at radius 3 is 2.50 bits per heavy atom. The highest BCUT2D eigenvalue weighted by molar-refractivity contribution is 5.64. The zero-order chi connectivity index (χ0) is 21.1. The second-order valence-corrected chi connectivity index (χ2v) is 7.88. The monoisotopic (exact) mass is 397 g/mol. The number of hydrogen-bond donors (Lipinski definition) is 0. The molecule has 0 fully saturated rings. The molecule has 5 heteroatoms. The molecule has 1 atom stereocenters. The van der Waals surface area contributed by atoms with Gasteiger partial charge in [0, 0.05) is 36.1 Å². The first-order valence-corrected chi connectivity index (χ1v) is 10.2. The van der Waals surface area contributed by atoms with Gasteiger partial charge in [0.1, 0.15) is 6.33 Å². The third-order valence-electron chi connectivity index (χ3n) is 5.49. The molecule has 0 aliphatic carbocycles. The van der Waals surface area contributed by atoms with Gasteiger partial charge in [0.05, 0.1) is 17.1 Å². The lowest BCUT2D eigenvalue weighted by molar-refractivity contribution is 0.248. The summed E-state index contributed by atoms with van der Waals surface area (Å²) >= 11 is 0. The third kappa shape index (κ3) is 4.31.